The van der Waals surface area contributed by atoms with Crippen LogP contribution in [0, 0.1) is 5.82 Å². The van der Waals surface area contributed by atoms with Crippen molar-refractivity contribution >= 4 is 17.6 Å². The van der Waals surface area contributed by atoms with Gasteiger partial charge in [-0.3, -0.25) is 4.79 Å². The van der Waals surface area contributed by atoms with Crippen LogP contribution in [0.2, 0.25) is 0 Å². The van der Waals surface area contributed by atoms with Crippen molar-refractivity contribution in [2.24, 2.45) is 0 Å². The average Bonchev–Trinajstić information content (AvgIpc) is 2.45. The highest BCUT2D eigenvalue weighted by Gasteiger charge is 2.21. The van der Waals surface area contributed by atoms with Crippen molar-refractivity contribution in [1.29, 1.82) is 0 Å². The van der Waals surface area contributed by atoms with Crippen molar-refractivity contribution in [1.82, 2.24) is 0 Å². The lowest BCUT2D eigenvalue weighted by Gasteiger charge is -2.19. The maximum atomic E-state index is 12.9. The molecule has 0 aromatic heterocycles. The lowest BCUT2D eigenvalue weighted by Crippen LogP contribution is -2.28. The monoisotopic (exact) mass is 289 g/mol. The number of nitrogens with zero attached hydrogens (tertiary/aromatic N) is 1. The molecule has 0 bridgehead atoms. The summed E-state index contributed by atoms with van der Waals surface area (Å²) in [6.45, 7) is 0. The van der Waals surface area contributed by atoms with E-state index in [0.717, 1.165) is 23.1 Å². The zero-order chi connectivity index (χ0) is 15.6. The zero-order valence-electron chi connectivity index (χ0n) is 11.1. The molecular weight excluding hydrogens is 277 g/mol. The van der Waals surface area contributed by atoms with E-state index in [0.29, 0.717) is 0 Å². The van der Waals surface area contributed by atoms with Gasteiger partial charge in [-0.05, 0) is 24.3 Å². The molecule has 1 amide bonds. The number of hydrogen-bond acceptors (Lipinski definition) is 3. The van der Waals surface area contributed by atoms with E-state index in [2.05, 4.69) is 0 Å². The molecule has 5 nitrogen and oxygen atoms in total. The number of para-hydroxylation sites is 1. The molecule has 0 heterocycles. The molecule has 2 aromatic rings. The first-order chi connectivity index (χ1) is 9.91. The van der Waals surface area contributed by atoms with E-state index in [9.17, 15) is 19.1 Å². The van der Waals surface area contributed by atoms with Crippen LogP contribution in [0.15, 0.2) is 42.5 Å². The van der Waals surface area contributed by atoms with E-state index in [1.807, 2.05) is 0 Å². The first-order valence-corrected chi connectivity index (χ1v) is 6.00. The van der Waals surface area contributed by atoms with Crippen molar-refractivity contribution in [3.63, 3.8) is 0 Å². The Hall–Kier alpha value is -2.89. The third-order valence-electron chi connectivity index (χ3n) is 2.99. The van der Waals surface area contributed by atoms with Gasteiger partial charge < -0.3 is 15.1 Å². The van der Waals surface area contributed by atoms with Gasteiger partial charge in [0.05, 0.1) is 16.8 Å². The molecule has 2 N–H and O–H groups in total. The number of carbonyl (C=O) groups excluding carboxylic acids is 1. The van der Waals surface area contributed by atoms with Crippen molar-refractivity contribution < 1.29 is 24.2 Å². The number of hydrogen-bond donors (Lipinski definition) is 2. The van der Waals surface area contributed by atoms with Gasteiger partial charge in [-0.25, -0.2) is 9.18 Å². The number of aromatic hydroxyl groups is 1. The van der Waals surface area contributed by atoms with Crippen LogP contribution in [-0.4, -0.2) is 29.1 Å². The van der Waals surface area contributed by atoms with Crippen molar-refractivity contribution in [2.75, 3.05) is 11.9 Å². The fourth-order valence-electron chi connectivity index (χ4n) is 1.92. The van der Waals surface area contributed by atoms with Crippen LogP contribution < -0.4 is 4.90 Å². The number of amides is 1. The first kappa shape index (κ1) is 14.5. The molecule has 21 heavy (non-hydrogen) atoms. The predicted octanol–water partition coefficient (Wildman–Crippen LogP) is 2.51. The fourth-order valence-corrected chi connectivity index (χ4v) is 1.92. The minimum absolute atomic E-state index is 0.0463. The maximum Gasteiger partial charge on any atom is 0.337 e. The molecule has 2 aromatic carbocycles. The summed E-state index contributed by atoms with van der Waals surface area (Å²) in [5.74, 6) is -2.98. The summed E-state index contributed by atoms with van der Waals surface area (Å²) in [5, 5.41) is 18.8. The third-order valence-corrected chi connectivity index (χ3v) is 2.99. The largest absolute Gasteiger partial charge is 0.507 e. The number of halogens is 1. The summed E-state index contributed by atoms with van der Waals surface area (Å²) in [7, 11) is 1.38. The molecule has 0 aliphatic rings. The second-order valence-corrected chi connectivity index (χ2v) is 4.35. The number of anilines is 1. The SMILES string of the molecule is CN(C(=O)c1ccc(F)cc1O)c1ccccc1C(=O)O. The lowest BCUT2D eigenvalue weighted by atomic mass is 10.1. The maximum absolute atomic E-state index is 12.9. The number of aromatic carboxylic acids is 1. The molecule has 0 aliphatic carbocycles. The van der Waals surface area contributed by atoms with Gasteiger partial charge in [-0.2, -0.15) is 0 Å². The van der Waals surface area contributed by atoms with Gasteiger partial charge in [0.2, 0.25) is 0 Å². The number of phenolic OH excluding ortho intramolecular Hbond substituents is 1. The Kier molecular flexibility index (Phi) is 3.89. The van der Waals surface area contributed by atoms with E-state index >= 15 is 0 Å². The minimum atomic E-state index is -1.17. The molecule has 6 heteroatoms. The molecule has 0 spiro atoms. The Balaban J connectivity index is 2.42. The average molecular weight is 289 g/mol. The Bertz CT molecular complexity index is 715. The number of carboxylic acid groups (broad SMARTS) is 1. The molecule has 0 fully saturated rings. The summed E-state index contributed by atoms with van der Waals surface area (Å²) in [6, 6.07) is 8.99. The highest BCUT2D eigenvalue weighted by molar-refractivity contribution is 6.10. The van der Waals surface area contributed by atoms with Gasteiger partial charge in [0.15, 0.2) is 0 Å². The van der Waals surface area contributed by atoms with Crippen molar-refractivity contribution in [3.8, 4) is 5.75 Å². The summed E-state index contributed by atoms with van der Waals surface area (Å²) in [4.78, 5) is 24.6. The van der Waals surface area contributed by atoms with E-state index in [-0.39, 0.29) is 16.8 Å². The van der Waals surface area contributed by atoms with Crippen molar-refractivity contribution in [2.45, 2.75) is 0 Å². The molecule has 0 atom stereocenters. The number of benzene rings is 2. The summed E-state index contributed by atoms with van der Waals surface area (Å²) < 4.78 is 12.9. The van der Waals surface area contributed by atoms with E-state index in [4.69, 9.17) is 5.11 Å². The quantitative estimate of drug-likeness (QED) is 0.910. The Morgan fingerprint density at radius 3 is 2.38 bits per heavy atom. The van der Waals surface area contributed by atoms with Gasteiger partial charge in [0.25, 0.3) is 5.91 Å². The smallest absolute Gasteiger partial charge is 0.337 e. The normalized spacial score (nSPS) is 10.2. The second kappa shape index (κ2) is 5.62. The fraction of sp³-hybridized carbons (Fsp3) is 0.0667. The minimum Gasteiger partial charge on any atom is -0.507 e. The molecule has 0 saturated carbocycles. The van der Waals surface area contributed by atoms with E-state index in [1.165, 1.54) is 19.2 Å². The molecular formula is C15H12FNO4. The standard InChI is InChI=1S/C15H12FNO4/c1-17(12-5-3-2-4-10(12)15(20)21)14(19)11-7-6-9(16)8-13(11)18/h2-8,18H,1H3,(H,20,21). The van der Waals surface area contributed by atoms with Gasteiger partial charge in [0.1, 0.15) is 11.6 Å². The van der Waals surface area contributed by atoms with Crippen LogP contribution in [0.1, 0.15) is 20.7 Å². The summed E-state index contributed by atoms with van der Waals surface area (Å²) in [6.07, 6.45) is 0. The molecule has 2 rings (SSSR count). The van der Waals surface area contributed by atoms with E-state index < -0.39 is 23.4 Å². The van der Waals surface area contributed by atoms with Crippen LogP contribution in [0.25, 0.3) is 0 Å². The topological polar surface area (TPSA) is 77.8 Å². The van der Waals surface area contributed by atoms with Gasteiger partial charge in [0, 0.05) is 13.1 Å². The van der Waals surface area contributed by atoms with Crippen LogP contribution in [0.5, 0.6) is 5.75 Å². The summed E-state index contributed by atoms with van der Waals surface area (Å²) >= 11 is 0. The lowest BCUT2D eigenvalue weighted by molar-refractivity contribution is 0.0697. The summed E-state index contributed by atoms with van der Waals surface area (Å²) in [5.41, 5.74) is 0.0211. The van der Waals surface area contributed by atoms with Gasteiger partial charge in [-0.1, -0.05) is 12.1 Å². The van der Waals surface area contributed by atoms with Gasteiger partial charge >= 0.3 is 5.97 Å². The number of carbonyl (C=O) groups is 2. The molecule has 108 valence electrons. The third kappa shape index (κ3) is 2.84. The zero-order valence-corrected chi connectivity index (χ0v) is 11.1. The van der Waals surface area contributed by atoms with E-state index in [1.54, 1.807) is 12.1 Å². The Morgan fingerprint density at radius 1 is 1.10 bits per heavy atom. The highest BCUT2D eigenvalue weighted by Crippen LogP contribution is 2.25. The second-order valence-electron chi connectivity index (χ2n) is 4.35. The first-order valence-electron chi connectivity index (χ1n) is 6.00. The molecule has 0 saturated heterocycles. The van der Waals surface area contributed by atoms with Crippen LogP contribution >= 0.6 is 0 Å². The number of rotatable bonds is 3. The molecule has 0 aliphatic heterocycles. The highest BCUT2D eigenvalue weighted by atomic mass is 19.1. The Labute approximate surface area is 119 Å². The number of carboxylic acids is 1. The van der Waals surface area contributed by atoms with Gasteiger partial charge in [-0.15, -0.1) is 0 Å². The number of phenols is 1. The Morgan fingerprint density at radius 2 is 1.76 bits per heavy atom. The van der Waals surface area contributed by atoms with Crippen LogP contribution in [0.4, 0.5) is 10.1 Å². The van der Waals surface area contributed by atoms with Crippen molar-refractivity contribution in [3.05, 3.63) is 59.4 Å². The molecule has 0 unspecified atom stereocenters. The van der Waals surface area contributed by atoms with Crippen LogP contribution in [-0.2, 0) is 0 Å². The van der Waals surface area contributed by atoms with Crippen LogP contribution in [0.3, 0.4) is 0 Å². The predicted molar refractivity (Wildman–Crippen MR) is 74.2 cm³/mol. The molecule has 0 radical (unpaired) electrons.